The summed E-state index contributed by atoms with van der Waals surface area (Å²) in [6, 6.07) is 0. The van der Waals surface area contributed by atoms with Crippen LogP contribution in [0, 0.1) is 5.92 Å². The lowest BCUT2D eigenvalue weighted by Crippen LogP contribution is -2.29. The number of rotatable bonds is 3. The van der Waals surface area contributed by atoms with Crippen molar-refractivity contribution in [1.82, 2.24) is 4.90 Å². The lowest BCUT2D eigenvalue weighted by Gasteiger charge is -2.28. The monoisotopic (exact) mass is 171 g/mol. The summed E-state index contributed by atoms with van der Waals surface area (Å²) in [6.07, 6.45) is 4.45. The Morgan fingerprint density at radius 3 is 2.33 bits per heavy atom. The molecule has 1 aliphatic carbocycles. The molecule has 0 atom stereocenters. The quantitative estimate of drug-likeness (QED) is 0.695. The van der Waals surface area contributed by atoms with Crippen molar-refractivity contribution in [3.8, 4) is 0 Å². The van der Waals surface area contributed by atoms with E-state index in [4.69, 9.17) is 0 Å². The zero-order valence-electron chi connectivity index (χ0n) is 8.29. The molecule has 0 bridgehead atoms. The molecular weight excluding hydrogens is 150 g/mol. The highest BCUT2D eigenvalue weighted by Gasteiger charge is 2.19. The fourth-order valence-electron chi connectivity index (χ4n) is 1.90. The fourth-order valence-corrected chi connectivity index (χ4v) is 1.90. The first-order valence-corrected chi connectivity index (χ1v) is 5.09. The van der Waals surface area contributed by atoms with E-state index >= 15 is 0 Å². The fraction of sp³-hybridized carbons (Fsp3) is 1.00. The SMILES string of the molecule is CCN(C)CC1CCC(O)CC1. The number of aliphatic hydroxyl groups is 1. The van der Waals surface area contributed by atoms with Crippen LogP contribution in [0.2, 0.25) is 0 Å². The van der Waals surface area contributed by atoms with Crippen LogP contribution in [-0.4, -0.2) is 36.2 Å². The van der Waals surface area contributed by atoms with Crippen LogP contribution in [0.4, 0.5) is 0 Å². The average molecular weight is 171 g/mol. The lowest BCUT2D eigenvalue weighted by atomic mass is 9.87. The molecule has 1 N–H and O–H groups in total. The summed E-state index contributed by atoms with van der Waals surface area (Å²) in [5.74, 6) is 0.832. The molecule has 1 rings (SSSR count). The number of aliphatic hydroxyl groups excluding tert-OH is 1. The molecule has 1 aliphatic rings. The zero-order chi connectivity index (χ0) is 8.97. The molecule has 0 heterocycles. The largest absolute Gasteiger partial charge is 0.393 e. The Bertz CT molecular complexity index is 119. The highest BCUT2D eigenvalue weighted by Crippen LogP contribution is 2.24. The molecule has 2 heteroatoms. The van der Waals surface area contributed by atoms with E-state index in [0.29, 0.717) is 0 Å². The summed E-state index contributed by atoms with van der Waals surface area (Å²) in [7, 11) is 2.17. The predicted molar refractivity (Wildman–Crippen MR) is 51.1 cm³/mol. The second-order valence-electron chi connectivity index (χ2n) is 4.03. The van der Waals surface area contributed by atoms with Crippen LogP contribution in [0.5, 0.6) is 0 Å². The number of hydrogen-bond acceptors (Lipinski definition) is 2. The van der Waals surface area contributed by atoms with Gasteiger partial charge >= 0.3 is 0 Å². The van der Waals surface area contributed by atoms with Crippen molar-refractivity contribution in [1.29, 1.82) is 0 Å². The van der Waals surface area contributed by atoms with E-state index in [9.17, 15) is 5.11 Å². The summed E-state index contributed by atoms with van der Waals surface area (Å²) < 4.78 is 0. The zero-order valence-corrected chi connectivity index (χ0v) is 8.29. The molecular formula is C10H21NO. The van der Waals surface area contributed by atoms with Gasteiger partial charge in [-0.05, 0) is 45.2 Å². The second-order valence-corrected chi connectivity index (χ2v) is 4.03. The van der Waals surface area contributed by atoms with E-state index < -0.39 is 0 Å². The van der Waals surface area contributed by atoms with Gasteiger partial charge in [0.15, 0.2) is 0 Å². The first-order valence-electron chi connectivity index (χ1n) is 5.09. The van der Waals surface area contributed by atoms with Crippen LogP contribution in [0.15, 0.2) is 0 Å². The van der Waals surface area contributed by atoms with Gasteiger partial charge in [0.05, 0.1) is 6.10 Å². The Morgan fingerprint density at radius 2 is 1.83 bits per heavy atom. The van der Waals surface area contributed by atoms with Crippen LogP contribution >= 0.6 is 0 Å². The topological polar surface area (TPSA) is 23.5 Å². The van der Waals surface area contributed by atoms with E-state index in [1.807, 2.05) is 0 Å². The normalized spacial score (nSPS) is 31.0. The van der Waals surface area contributed by atoms with Gasteiger partial charge in [-0.1, -0.05) is 6.92 Å². The summed E-state index contributed by atoms with van der Waals surface area (Å²) in [5.41, 5.74) is 0. The van der Waals surface area contributed by atoms with Crippen LogP contribution in [0.1, 0.15) is 32.6 Å². The molecule has 72 valence electrons. The smallest absolute Gasteiger partial charge is 0.0540 e. The molecule has 12 heavy (non-hydrogen) atoms. The maximum absolute atomic E-state index is 9.30. The molecule has 0 radical (unpaired) electrons. The Kier molecular flexibility index (Phi) is 4.02. The molecule has 0 amide bonds. The van der Waals surface area contributed by atoms with Crippen LogP contribution in [0.25, 0.3) is 0 Å². The number of nitrogens with zero attached hydrogens (tertiary/aromatic N) is 1. The summed E-state index contributed by atoms with van der Waals surface area (Å²) in [6.45, 7) is 4.54. The highest BCUT2D eigenvalue weighted by molar-refractivity contribution is 4.73. The first-order chi connectivity index (χ1) is 5.72. The van der Waals surface area contributed by atoms with Gasteiger partial charge in [-0.15, -0.1) is 0 Å². The van der Waals surface area contributed by atoms with Gasteiger partial charge in [0.25, 0.3) is 0 Å². The van der Waals surface area contributed by atoms with Crippen molar-refractivity contribution >= 4 is 0 Å². The Balaban J connectivity index is 2.17. The van der Waals surface area contributed by atoms with Gasteiger partial charge in [0.2, 0.25) is 0 Å². The second kappa shape index (κ2) is 4.83. The molecule has 2 nitrogen and oxygen atoms in total. The molecule has 1 fully saturated rings. The van der Waals surface area contributed by atoms with Crippen molar-refractivity contribution in [2.45, 2.75) is 38.7 Å². The Labute approximate surface area is 75.6 Å². The third-order valence-corrected chi connectivity index (χ3v) is 2.93. The van der Waals surface area contributed by atoms with Gasteiger partial charge in [0.1, 0.15) is 0 Å². The van der Waals surface area contributed by atoms with Crippen LogP contribution in [0.3, 0.4) is 0 Å². The maximum Gasteiger partial charge on any atom is 0.0540 e. The van der Waals surface area contributed by atoms with Crippen molar-refractivity contribution in [3.05, 3.63) is 0 Å². The van der Waals surface area contributed by atoms with Gasteiger partial charge in [-0.2, -0.15) is 0 Å². The minimum absolute atomic E-state index is 0.00631. The highest BCUT2D eigenvalue weighted by atomic mass is 16.3. The predicted octanol–water partition coefficient (Wildman–Crippen LogP) is 1.49. The first kappa shape index (κ1) is 10.0. The molecule has 0 aromatic carbocycles. The molecule has 0 saturated heterocycles. The molecule has 0 aliphatic heterocycles. The van der Waals surface area contributed by atoms with Gasteiger partial charge in [-0.25, -0.2) is 0 Å². The maximum atomic E-state index is 9.30. The van der Waals surface area contributed by atoms with E-state index in [2.05, 4.69) is 18.9 Å². The Hall–Kier alpha value is -0.0800. The molecule has 0 unspecified atom stereocenters. The standard InChI is InChI=1S/C10H21NO/c1-3-11(2)8-9-4-6-10(12)7-5-9/h9-10,12H,3-8H2,1-2H3. The minimum atomic E-state index is -0.00631. The third kappa shape index (κ3) is 3.11. The number of hydrogen-bond donors (Lipinski definition) is 1. The third-order valence-electron chi connectivity index (χ3n) is 2.93. The van der Waals surface area contributed by atoms with Gasteiger partial charge in [-0.3, -0.25) is 0 Å². The van der Waals surface area contributed by atoms with Crippen molar-refractivity contribution < 1.29 is 5.11 Å². The van der Waals surface area contributed by atoms with Crippen molar-refractivity contribution in [2.24, 2.45) is 5.92 Å². The lowest BCUT2D eigenvalue weighted by molar-refractivity contribution is 0.0983. The van der Waals surface area contributed by atoms with Crippen LogP contribution in [-0.2, 0) is 0 Å². The summed E-state index contributed by atoms with van der Waals surface area (Å²) >= 11 is 0. The van der Waals surface area contributed by atoms with E-state index in [-0.39, 0.29) is 6.10 Å². The van der Waals surface area contributed by atoms with Gasteiger partial charge < -0.3 is 10.0 Å². The average Bonchev–Trinajstić information content (AvgIpc) is 2.09. The molecule has 1 saturated carbocycles. The van der Waals surface area contributed by atoms with E-state index in [1.54, 1.807) is 0 Å². The van der Waals surface area contributed by atoms with Crippen molar-refractivity contribution in [3.63, 3.8) is 0 Å². The minimum Gasteiger partial charge on any atom is -0.393 e. The molecule has 0 spiro atoms. The van der Waals surface area contributed by atoms with Crippen LogP contribution < -0.4 is 0 Å². The Morgan fingerprint density at radius 1 is 1.25 bits per heavy atom. The van der Waals surface area contributed by atoms with E-state index in [0.717, 1.165) is 25.3 Å². The molecule has 0 aromatic heterocycles. The molecule has 0 aromatic rings. The summed E-state index contributed by atoms with van der Waals surface area (Å²) in [5, 5.41) is 9.30. The van der Waals surface area contributed by atoms with Gasteiger partial charge in [0, 0.05) is 6.54 Å². The van der Waals surface area contributed by atoms with Crippen molar-refractivity contribution in [2.75, 3.05) is 20.1 Å². The summed E-state index contributed by atoms with van der Waals surface area (Å²) in [4.78, 5) is 2.36. The van der Waals surface area contributed by atoms with E-state index in [1.165, 1.54) is 19.4 Å².